The number of amides is 1. The number of aromatic nitrogens is 3. The van der Waals surface area contributed by atoms with Crippen LogP contribution in [0.1, 0.15) is 45.1 Å². The maximum absolute atomic E-state index is 13.0. The van der Waals surface area contributed by atoms with Crippen molar-refractivity contribution >= 4 is 25.8 Å². The van der Waals surface area contributed by atoms with E-state index >= 15 is 0 Å². The number of allylic oxidation sites excluding steroid dienone is 2. The summed E-state index contributed by atoms with van der Waals surface area (Å²) in [7, 11) is -3.93. The molecule has 0 unspecified atom stereocenters. The molecule has 0 radical (unpaired) electrons. The van der Waals surface area contributed by atoms with Gasteiger partial charge >= 0.3 is 19.9 Å². The Balaban J connectivity index is 2.74. The zero-order valence-electron chi connectivity index (χ0n) is 19.1. The molecule has 0 bridgehead atoms. The molecular weight excluding hydrogens is 463 g/mol. The summed E-state index contributed by atoms with van der Waals surface area (Å²) in [5, 5.41) is 7.38. The molecular formula is C18H29N4O10P. The van der Waals surface area contributed by atoms with E-state index in [1.807, 2.05) is 0 Å². The van der Waals surface area contributed by atoms with Crippen LogP contribution in [0.3, 0.4) is 0 Å². The molecule has 2 N–H and O–H groups in total. The SMILES string of the molecule is C/C(=C\CP(=O)(OCOC(=O)OC(C)C)OCOC(=O)OC(C)C)Cn1cc(C(N)=O)nn1. The first-order chi connectivity index (χ1) is 15.4. The number of carbonyl (C=O) groups is 3. The number of ether oxygens (including phenoxy) is 4. The highest BCUT2D eigenvalue weighted by molar-refractivity contribution is 7.54. The molecule has 1 aromatic rings. The van der Waals surface area contributed by atoms with Gasteiger partial charge in [0.1, 0.15) is 0 Å². The monoisotopic (exact) mass is 492 g/mol. The number of nitrogens with zero attached hydrogens (tertiary/aromatic N) is 3. The average Bonchev–Trinajstić information content (AvgIpc) is 3.14. The molecule has 1 heterocycles. The third kappa shape index (κ3) is 12.0. The van der Waals surface area contributed by atoms with Gasteiger partial charge in [-0.15, -0.1) is 5.10 Å². The summed E-state index contributed by atoms with van der Waals surface area (Å²) in [6, 6.07) is 0. The third-order valence-corrected chi connectivity index (χ3v) is 5.01. The van der Waals surface area contributed by atoms with E-state index in [2.05, 4.69) is 10.3 Å². The minimum atomic E-state index is -3.93. The van der Waals surface area contributed by atoms with E-state index in [1.54, 1.807) is 34.6 Å². The Morgan fingerprint density at radius 3 is 2.00 bits per heavy atom. The van der Waals surface area contributed by atoms with E-state index in [-0.39, 0.29) is 18.4 Å². The van der Waals surface area contributed by atoms with Gasteiger partial charge in [0.15, 0.2) is 5.69 Å². The average molecular weight is 492 g/mol. The van der Waals surface area contributed by atoms with E-state index in [0.717, 1.165) is 0 Å². The molecule has 1 rings (SSSR count). The van der Waals surface area contributed by atoms with Gasteiger partial charge in [-0.2, -0.15) is 0 Å². The molecule has 1 aromatic heterocycles. The second-order valence-electron chi connectivity index (χ2n) is 7.13. The normalized spacial score (nSPS) is 12.0. The van der Waals surface area contributed by atoms with Crippen molar-refractivity contribution in [3.05, 3.63) is 23.5 Å². The molecule has 0 aromatic carbocycles. The molecule has 0 fully saturated rings. The zero-order valence-corrected chi connectivity index (χ0v) is 20.0. The second-order valence-corrected chi connectivity index (χ2v) is 9.23. The van der Waals surface area contributed by atoms with Crippen molar-refractivity contribution < 1.29 is 46.9 Å². The molecule has 0 atom stereocenters. The summed E-state index contributed by atoms with van der Waals surface area (Å²) < 4.78 is 43.6. The van der Waals surface area contributed by atoms with Crippen LogP contribution in [0.2, 0.25) is 0 Å². The predicted molar refractivity (Wildman–Crippen MR) is 112 cm³/mol. The van der Waals surface area contributed by atoms with Crippen LogP contribution >= 0.6 is 7.60 Å². The maximum atomic E-state index is 13.0. The lowest BCUT2D eigenvalue weighted by Gasteiger charge is -2.18. The molecule has 0 spiro atoms. The number of carbonyl (C=O) groups excluding carboxylic acids is 3. The Kier molecular flexibility index (Phi) is 11.5. The standard InChI is InChI=1S/C18H29N4O10P/c1-12(2)31-17(24)27-10-29-33(26,30-11-28-18(25)32-13(3)4)7-6-14(5)8-22-9-15(16(19)23)20-21-22/h6,9,12-13H,7-8,10-11H2,1-5H3,(H2,19,23)/b14-6+. The molecule has 0 aliphatic carbocycles. The largest absolute Gasteiger partial charge is 0.510 e. The molecule has 15 heteroatoms. The number of hydrogen-bond acceptors (Lipinski definition) is 12. The van der Waals surface area contributed by atoms with Gasteiger partial charge in [-0.1, -0.05) is 16.9 Å². The minimum absolute atomic E-state index is 0.00370. The molecule has 0 aliphatic heterocycles. The van der Waals surface area contributed by atoms with Crippen LogP contribution < -0.4 is 5.73 Å². The summed E-state index contributed by atoms with van der Waals surface area (Å²) in [6.07, 6.45) is -0.258. The molecule has 1 amide bonds. The zero-order chi connectivity index (χ0) is 25.0. The highest BCUT2D eigenvalue weighted by Crippen LogP contribution is 2.48. The third-order valence-electron chi connectivity index (χ3n) is 3.38. The first-order valence-corrected chi connectivity index (χ1v) is 11.5. The number of hydrogen-bond donors (Lipinski definition) is 1. The topological polar surface area (TPSA) is 180 Å². The van der Waals surface area contributed by atoms with E-state index < -0.39 is 51.6 Å². The first kappa shape index (κ1) is 28.1. The van der Waals surface area contributed by atoms with Gasteiger partial charge in [0.2, 0.25) is 13.6 Å². The Morgan fingerprint density at radius 2 is 1.58 bits per heavy atom. The molecule has 0 saturated carbocycles. The van der Waals surface area contributed by atoms with Crippen LogP contribution in [0.15, 0.2) is 17.8 Å². The number of nitrogens with two attached hydrogens (primary N) is 1. The Labute approximate surface area is 190 Å². The predicted octanol–water partition coefficient (Wildman–Crippen LogP) is 2.59. The van der Waals surface area contributed by atoms with Gasteiger partial charge in [0.05, 0.1) is 31.1 Å². The van der Waals surface area contributed by atoms with Gasteiger partial charge < -0.3 is 24.7 Å². The first-order valence-electron chi connectivity index (χ1n) is 9.80. The Bertz CT molecular complexity index is 851. The fourth-order valence-corrected chi connectivity index (χ4v) is 3.23. The highest BCUT2D eigenvalue weighted by Gasteiger charge is 2.26. The lowest BCUT2D eigenvalue weighted by Crippen LogP contribution is -2.16. The number of primary amides is 1. The molecule has 14 nitrogen and oxygen atoms in total. The van der Waals surface area contributed by atoms with Crippen LogP contribution in [0.25, 0.3) is 0 Å². The smallest absolute Gasteiger partial charge is 0.432 e. The quantitative estimate of drug-likeness (QED) is 0.184. The second kappa shape index (κ2) is 13.6. The summed E-state index contributed by atoms with van der Waals surface area (Å²) in [5.74, 6) is -0.721. The molecule has 33 heavy (non-hydrogen) atoms. The fraction of sp³-hybridized carbons (Fsp3) is 0.611. The van der Waals surface area contributed by atoms with Crippen molar-refractivity contribution in [3.8, 4) is 0 Å². The maximum Gasteiger partial charge on any atom is 0.510 e. The lowest BCUT2D eigenvalue weighted by atomic mass is 10.3. The van der Waals surface area contributed by atoms with E-state index in [4.69, 9.17) is 33.7 Å². The van der Waals surface area contributed by atoms with Crippen molar-refractivity contribution in [3.63, 3.8) is 0 Å². The molecule has 0 saturated heterocycles. The van der Waals surface area contributed by atoms with E-state index in [1.165, 1.54) is 17.0 Å². The van der Waals surface area contributed by atoms with Crippen LogP contribution in [-0.2, 0) is 39.1 Å². The van der Waals surface area contributed by atoms with Gasteiger partial charge in [0, 0.05) is 0 Å². The minimum Gasteiger partial charge on any atom is -0.432 e. The fourth-order valence-electron chi connectivity index (χ4n) is 1.98. The van der Waals surface area contributed by atoms with Gasteiger partial charge in [-0.05, 0) is 34.6 Å². The van der Waals surface area contributed by atoms with Crippen molar-refractivity contribution in [2.24, 2.45) is 5.73 Å². The van der Waals surface area contributed by atoms with Crippen molar-refractivity contribution in [1.29, 1.82) is 0 Å². The van der Waals surface area contributed by atoms with Crippen LogP contribution in [0, 0.1) is 0 Å². The van der Waals surface area contributed by atoms with Gasteiger partial charge in [-0.25, -0.2) is 14.3 Å². The van der Waals surface area contributed by atoms with E-state index in [0.29, 0.717) is 5.57 Å². The summed E-state index contributed by atoms with van der Waals surface area (Å²) in [5.41, 5.74) is 5.79. The van der Waals surface area contributed by atoms with Crippen LogP contribution in [0.5, 0.6) is 0 Å². The Morgan fingerprint density at radius 1 is 1.06 bits per heavy atom. The van der Waals surface area contributed by atoms with Gasteiger partial charge in [-0.3, -0.25) is 18.4 Å². The van der Waals surface area contributed by atoms with Crippen LogP contribution in [-0.4, -0.2) is 65.2 Å². The van der Waals surface area contributed by atoms with Crippen LogP contribution in [0.4, 0.5) is 9.59 Å². The lowest BCUT2D eigenvalue weighted by molar-refractivity contribution is -0.0298. The summed E-state index contributed by atoms with van der Waals surface area (Å²) >= 11 is 0. The molecule has 186 valence electrons. The molecule has 0 aliphatic rings. The summed E-state index contributed by atoms with van der Waals surface area (Å²) in [4.78, 5) is 34.0. The van der Waals surface area contributed by atoms with Gasteiger partial charge in [0.25, 0.3) is 5.91 Å². The van der Waals surface area contributed by atoms with Crippen molar-refractivity contribution in [1.82, 2.24) is 15.0 Å². The van der Waals surface area contributed by atoms with E-state index in [9.17, 15) is 18.9 Å². The Hall–Kier alpha value is -2.96. The highest BCUT2D eigenvalue weighted by atomic mass is 31.2. The summed E-state index contributed by atoms with van der Waals surface area (Å²) in [6.45, 7) is 6.95. The van der Waals surface area contributed by atoms with Crippen molar-refractivity contribution in [2.45, 2.75) is 53.4 Å². The van der Waals surface area contributed by atoms with Crippen molar-refractivity contribution in [2.75, 3.05) is 19.7 Å². The number of rotatable bonds is 13.